The van der Waals surface area contributed by atoms with Gasteiger partial charge in [0.2, 0.25) is 0 Å². The van der Waals surface area contributed by atoms with Gasteiger partial charge in [-0.3, -0.25) is 5.73 Å². The fourth-order valence-electron chi connectivity index (χ4n) is 1.23. The van der Waals surface area contributed by atoms with Crippen molar-refractivity contribution in [3.8, 4) is 0 Å². The zero-order chi connectivity index (χ0) is 8.55. The number of rotatable bonds is 0. The molecule has 0 aromatic heterocycles. The highest BCUT2D eigenvalue weighted by Gasteiger charge is 2.15. The zero-order valence-corrected chi connectivity index (χ0v) is 6.35. The average molecular weight is 162 g/mol. The standard InChI is InChI=1S/C8H8N3O/c9-6-3-1-2-5-4-10-8(12)11-7(5)6/h1-3,9H,4H2,(H2,10,11,12). The molecule has 1 aromatic rings. The van der Waals surface area contributed by atoms with Crippen LogP contribution < -0.4 is 16.4 Å². The van der Waals surface area contributed by atoms with Crippen LogP contribution in [0.2, 0.25) is 0 Å². The van der Waals surface area contributed by atoms with E-state index in [0.717, 1.165) is 5.56 Å². The molecule has 3 N–H and O–H groups in total. The Balaban J connectivity index is 2.50. The largest absolute Gasteiger partial charge is 0.334 e. The van der Waals surface area contributed by atoms with Crippen LogP contribution in [0.5, 0.6) is 0 Å². The van der Waals surface area contributed by atoms with E-state index in [0.29, 0.717) is 17.9 Å². The van der Waals surface area contributed by atoms with Crippen LogP contribution in [0.25, 0.3) is 0 Å². The second-order valence-corrected chi connectivity index (χ2v) is 2.65. The average Bonchev–Trinajstić information content (AvgIpc) is 2.07. The lowest BCUT2D eigenvalue weighted by Gasteiger charge is -2.18. The predicted molar refractivity (Wildman–Crippen MR) is 45.1 cm³/mol. The molecule has 61 valence electrons. The molecule has 1 aliphatic heterocycles. The summed E-state index contributed by atoms with van der Waals surface area (Å²) in [5, 5.41) is 5.22. The molecule has 1 aromatic carbocycles. The molecule has 1 aliphatic rings. The van der Waals surface area contributed by atoms with Crippen molar-refractivity contribution in [3.63, 3.8) is 0 Å². The van der Waals surface area contributed by atoms with Crippen LogP contribution in [0.15, 0.2) is 18.2 Å². The van der Waals surface area contributed by atoms with Gasteiger partial charge < -0.3 is 10.6 Å². The molecular formula is C8H8N3O. The maximum Gasteiger partial charge on any atom is 0.319 e. The second-order valence-electron chi connectivity index (χ2n) is 2.65. The summed E-state index contributed by atoms with van der Waals surface area (Å²) in [6.45, 7) is 0.508. The van der Waals surface area contributed by atoms with Crippen LogP contribution in [0.3, 0.4) is 0 Å². The molecule has 0 fully saturated rings. The molecule has 2 rings (SSSR count). The number of nitrogens with one attached hydrogen (secondary N) is 3. The van der Waals surface area contributed by atoms with E-state index in [1.54, 1.807) is 12.1 Å². The van der Waals surface area contributed by atoms with E-state index >= 15 is 0 Å². The molecule has 1 radical (unpaired) electrons. The van der Waals surface area contributed by atoms with Gasteiger partial charge in [0.25, 0.3) is 0 Å². The Labute approximate surface area is 69.8 Å². The molecule has 0 aliphatic carbocycles. The van der Waals surface area contributed by atoms with Gasteiger partial charge in [-0.25, -0.2) is 4.79 Å². The number of carbonyl (C=O) groups excluding carboxylic acids is 1. The normalized spacial score (nSPS) is 14.5. The van der Waals surface area contributed by atoms with E-state index < -0.39 is 0 Å². The lowest BCUT2D eigenvalue weighted by molar-refractivity contribution is 0.251. The van der Waals surface area contributed by atoms with Gasteiger partial charge >= 0.3 is 6.03 Å². The number of amides is 2. The first-order valence-electron chi connectivity index (χ1n) is 3.66. The van der Waals surface area contributed by atoms with Crippen molar-refractivity contribution >= 4 is 17.4 Å². The number of hydrogen-bond donors (Lipinski definition) is 2. The molecule has 1 heterocycles. The van der Waals surface area contributed by atoms with E-state index in [9.17, 15) is 4.79 Å². The highest BCUT2D eigenvalue weighted by molar-refractivity contribution is 5.95. The summed E-state index contributed by atoms with van der Waals surface area (Å²) >= 11 is 0. The smallest absolute Gasteiger partial charge is 0.319 e. The predicted octanol–water partition coefficient (Wildman–Crippen LogP) is 1.24. The maximum atomic E-state index is 10.9. The van der Waals surface area contributed by atoms with Crippen LogP contribution in [-0.2, 0) is 6.54 Å². The monoisotopic (exact) mass is 162 g/mol. The number of fused-ring (bicyclic) bond motifs is 1. The molecule has 12 heavy (non-hydrogen) atoms. The molecule has 0 atom stereocenters. The van der Waals surface area contributed by atoms with Crippen LogP contribution in [0.4, 0.5) is 16.2 Å². The maximum absolute atomic E-state index is 10.9. The van der Waals surface area contributed by atoms with Crippen molar-refractivity contribution in [2.75, 3.05) is 5.32 Å². The molecule has 2 amide bonds. The van der Waals surface area contributed by atoms with Crippen LogP contribution in [-0.4, -0.2) is 6.03 Å². The van der Waals surface area contributed by atoms with Crippen molar-refractivity contribution < 1.29 is 4.79 Å². The van der Waals surface area contributed by atoms with Crippen molar-refractivity contribution in [1.82, 2.24) is 11.1 Å². The highest BCUT2D eigenvalue weighted by Crippen LogP contribution is 2.26. The number of hydrogen-bond acceptors (Lipinski definition) is 1. The second kappa shape index (κ2) is 2.41. The van der Waals surface area contributed by atoms with Crippen LogP contribution in [0.1, 0.15) is 5.56 Å². The number of benzene rings is 1. The third-order valence-electron chi connectivity index (χ3n) is 1.83. The third kappa shape index (κ3) is 0.972. The van der Waals surface area contributed by atoms with Gasteiger partial charge in [0.15, 0.2) is 0 Å². The van der Waals surface area contributed by atoms with Crippen LogP contribution in [0, 0.1) is 0 Å². The molecule has 4 heteroatoms. The molecule has 0 saturated heterocycles. The molecule has 4 nitrogen and oxygen atoms in total. The fourth-order valence-corrected chi connectivity index (χ4v) is 1.23. The van der Waals surface area contributed by atoms with Crippen molar-refractivity contribution in [2.24, 2.45) is 0 Å². The van der Waals surface area contributed by atoms with Crippen molar-refractivity contribution in [2.45, 2.75) is 6.54 Å². The van der Waals surface area contributed by atoms with E-state index in [4.69, 9.17) is 5.73 Å². The molecule has 0 bridgehead atoms. The fraction of sp³-hybridized carbons (Fsp3) is 0.125. The summed E-state index contributed by atoms with van der Waals surface area (Å²) in [6, 6.07) is 5.12. The van der Waals surface area contributed by atoms with Crippen molar-refractivity contribution in [3.05, 3.63) is 23.8 Å². The van der Waals surface area contributed by atoms with E-state index in [1.165, 1.54) is 0 Å². The Bertz CT molecular complexity index is 335. The van der Waals surface area contributed by atoms with Gasteiger partial charge in [0.05, 0.1) is 11.4 Å². The lowest BCUT2D eigenvalue weighted by Crippen LogP contribution is -2.33. The first-order chi connectivity index (χ1) is 5.77. The zero-order valence-electron chi connectivity index (χ0n) is 6.35. The number of anilines is 1. The summed E-state index contributed by atoms with van der Waals surface area (Å²) in [7, 11) is 0. The Morgan fingerprint density at radius 2 is 2.25 bits per heavy atom. The summed E-state index contributed by atoms with van der Waals surface area (Å²) in [4.78, 5) is 10.9. The summed E-state index contributed by atoms with van der Waals surface area (Å²) < 4.78 is 0. The number of para-hydroxylation sites is 1. The first kappa shape index (κ1) is 6.97. The van der Waals surface area contributed by atoms with Gasteiger partial charge in [-0.15, -0.1) is 0 Å². The minimum Gasteiger partial charge on any atom is -0.334 e. The highest BCUT2D eigenvalue weighted by atomic mass is 16.2. The summed E-state index contributed by atoms with van der Waals surface area (Å²) in [5.74, 6) is 0. The first-order valence-corrected chi connectivity index (χ1v) is 3.66. The van der Waals surface area contributed by atoms with Gasteiger partial charge in [0, 0.05) is 6.54 Å². The summed E-state index contributed by atoms with van der Waals surface area (Å²) in [5.41, 5.74) is 9.45. The van der Waals surface area contributed by atoms with E-state index in [-0.39, 0.29) is 6.03 Å². The van der Waals surface area contributed by atoms with Crippen molar-refractivity contribution in [1.29, 1.82) is 0 Å². The molecule has 0 unspecified atom stereocenters. The van der Waals surface area contributed by atoms with Gasteiger partial charge in [0.1, 0.15) is 0 Å². The van der Waals surface area contributed by atoms with Gasteiger partial charge in [-0.1, -0.05) is 12.1 Å². The molecular weight excluding hydrogens is 154 g/mol. The topological polar surface area (TPSA) is 64.9 Å². The Kier molecular flexibility index (Phi) is 1.40. The quantitative estimate of drug-likeness (QED) is 0.592. The van der Waals surface area contributed by atoms with E-state index in [1.807, 2.05) is 6.07 Å². The molecule has 0 spiro atoms. The lowest BCUT2D eigenvalue weighted by atomic mass is 10.1. The van der Waals surface area contributed by atoms with Gasteiger partial charge in [-0.05, 0) is 11.6 Å². The number of carbonyl (C=O) groups is 1. The van der Waals surface area contributed by atoms with E-state index in [2.05, 4.69) is 10.6 Å². The Hall–Kier alpha value is -1.71. The minimum atomic E-state index is -0.234. The van der Waals surface area contributed by atoms with Gasteiger partial charge in [-0.2, -0.15) is 0 Å². The number of urea groups is 1. The SMILES string of the molecule is [NH]c1cccc2c1NC(=O)NC2. The Morgan fingerprint density at radius 1 is 1.42 bits per heavy atom. The molecule has 0 saturated carbocycles. The van der Waals surface area contributed by atoms with Crippen LogP contribution >= 0.6 is 0 Å². The summed E-state index contributed by atoms with van der Waals surface area (Å²) in [6.07, 6.45) is 0. The Morgan fingerprint density at radius 3 is 3.08 bits per heavy atom. The minimum absolute atomic E-state index is 0.234. The third-order valence-corrected chi connectivity index (χ3v) is 1.83.